The van der Waals surface area contributed by atoms with E-state index in [2.05, 4.69) is 10.1 Å². The highest BCUT2D eigenvalue weighted by Crippen LogP contribution is 2.34. The third kappa shape index (κ3) is 4.92. The lowest BCUT2D eigenvalue weighted by atomic mass is 10.0. The lowest BCUT2D eigenvalue weighted by Crippen LogP contribution is -2.46. The summed E-state index contributed by atoms with van der Waals surface area (Å²) in [4.78, 5) is 50.1. The maximum absolute atomic E-state index is 13.1. The number of nitrogens with zero attached hydrogens (tertiary/aromatic N) is 1. The standard InChI is InChI=1S/C22H20F2N2O7/c1-3-32-17-10-12(7-8-16(17)33-22(23)24)9-15(21(30)31)26-19(28)13-5-4-6-14(25-11(2)27)18(13)20(26)29/h4-8,10,15,22H,3,9H2,1-2H3,(H,25,27)(H,30,31). The van der Waals surface area contributed by atoms with Crippen LogP contribution in [0.4, 0.5) is 14.5 Å². The van der Waals surface area contributed by atoms with Crippen LogP contribution in [0.1, 0.15) is 40.1 Å². The number of amides is 3. The number of carboxylic acid groups (broad SMARTS) is 1. The molecule has 1 aliphatic heterocycles. The van der Waals surface area contributed by atoms with Crippen LogP contribution in [-0.4, -0.2) is 53.0 Å². The van der Waals surface area contributed by atoms with Crippen molar-refractivity contribution in [2.45, 2.75) is 32.9 Å². The van der Waals surface area contributed by atoms with Gasteiger partial charge in [0, 0.05) is 13.3 Å². The molecule has 0 fully saturated rings. The van der Waals surface area contributed by atoms with Crippen molar-refractivity contribution in [1.29, 1.82) is 0 Å². The first kappa shape index (κ1) is 23.6. The van der Waals surface area contributed by atoms with Gasteiger partial charge in [-0.25, -0.2) is 4.79 Å². The topological polar surface area (TPSA) is 122 Å². The number of hydrogen-bond acceptors (Lipinski definition) is 6. The number of carbonyl (C=O) groups is 4. The number of benzene rings is 2. The lowest BCUT2D eigenvalue weighted by Gasteiger charge is -2.23. The second kappa shape index (κ2) is 9.63. The molecule has 0 saturated heterocycles. The average Bonchev–Trinajstić information content (AvgIpc) is 2.98. The van der Waals surface area contributed by atoms with Crippen LogP contribution in [0.15, 0.2) is 36.4 Å². The monoisotopic (exact) mass is 462 g/mol. The summed E-state index contributed by atoms with van der Waals surface area (Å²) in [5.74, 6) is -3.87. The molecule has 1 unspecified atom stereocenters. The van der Waals surface area contributed by atoms with Crippen LogP contribution >= 0.6 is 0 Å². The number of aliphatic carboxylic acids is 1. The summed E-state index contributed by atoms with van der Waals surface area (Å²) in [6.07, 6.45) is -0.314. The molecule has 11 heteroatoms. The van der Waals surface area contributed by atoms with Crippen molar-refractivity contribution in [3.05, 3.63) is 53.1 Å². The van der Waals surface area contributed by atoms with Gasteiger partial charge in [-0.2, -0.15) is 8.78 Å². The summed E-state index contributed by atoms with van der Waals surface area (Å²) in [6.45, 7) is -0.0893. The number of imide groups is 1. The second-order valence-corrected chi connectivity index (χ2v) is 7.04. The van der Waals surface area contributed by atoms with Crippen LogP contribution in [0.25, 0.3) is 0 Å². The second-order valence-electron chi connectivity index (χ2n) is 7.04. The smallest absolute Gasteiger partial charge is 0.387 e. The first-order chi connectivity index (χ1) is 15.6. The fourth-order valence-corrected chi connectivity index (χ4v) is 3.53. The van der Waals surface area contributed by atoms with Gasteiger partial charge in [0.25, 0.3) is 11.8 Å². The molecule has 3 amide bonds. The van der Waals surface area contributed by atoms with Gasteiger partial charge in [0.15, 0.2) is 11.5 Å². The molecule has 0 saturated carbocycles. The molecule has 2 aromatic rings. The molecule has 2 aromatic carbocycles. The lowest BCUT2D eigenvalue weighted by molar-refractivity contribution is -0.141. The Morgan fingerprint density at radius 3 is 2.45 bits per heavy atom. The minimum atomic E-state index is -3.09. The van der Waals surface area contributed by atoms with E-state index in [9.17, 15) is 33.1 Å². The number of hydrogen-bond donors (Lipinski definition) is 2. The fourth-order valence-electron chi connectivity index (χ4n) is 3.53. The van der Waals surface area contributed by atoms with Gasteiger partial charge in [-0.3, -0.25) is 19.3 Å². The molecule has 0 aromatic heterocycles. The molecular formula is C22H20F2N2O7. The van der Waals surface area contributed by atoms with Gasteiger partial charge in [-0.15, -0.1) is 0 Å². The van der Waals surface area contributed by atoms with Crippen LogP contribution in [-0.2, 0) is 16.0 Å². The Hall–Kier alpha value is -4.02. The van der Waals surface area contributed by atoms with E-state index in [4.69, 9.17) is 4.74 Å². The molecule has 2 N–H and O–H groups in total. The summed E-state index contributed by atoms with van der Waals surface area (Å²) >= 11 is 0. The zero-order valence-electron chi connectivity index (χ0n) is 17.6. The number of halogens is 2. The van der Waals surface area contributed by atoms with E-state index in [1.54, 1.807) is 6.92 Å². The Labute approximate surface area is 186 Å². The molecule has 3 rings (SSSR count). The van der Waals surface area contributed by atoms with Gasteiger partial charge in [-0.1, -0.05) is 12.1 Å². The minimum Gasteiger partial charge on any atom is -0.490 e. The quantitative estimate of drug-likeness (QED) is 0.550. The van der Waals surface area contributed by atoms with Crippen molar-refractivity contribution in [1.82, 2.24) is 4.90 Å². The number of alkyl halides is 2. The van der Waals surface area contributed by atoms with E-state index in [0.717, 1.165) is 0 Å². The molecular weight excluding hydrogens is 442 g/mol. The van der Waals surface area contributed by atoms with Gasteiger partial charge < -0.3 is 19.9 Å². The van der Waals surface area contributed by atoms with E-state index >= 15 is 0 Å². The van der Waals surface area contributed by atoms with E-state index in [-0.39, 0.29) is 41.3 Å². The Morgan fingerprint density at radius 2 is 1.85 bits per heavy atom. The summed E-state index contributed by atoms with van der Waals surface area (Å²) < 4.78 is 34.9. The number of rotatable bonds is 9. The molecule has 33 heavy (non-hydrogen) atoms. The van der Waals surface area contributed by atoms with Crippen molar-refractivity contribution >= 4 is 29.4 Å². The molecule has 0 spiro atoms. The Kier molecular flexibility index (Phi) is 6.90. The zero-order chi connectivity index (χ0) is 24.3. The summed E-state index contributed by atoms with van der Waals surface area (Å²) in [5, 5.41) is 12.3. The molecule has 1 heterocycles. The molecule has 1 atom stereocenters. The number of ether oxygens (including phenoxy) is 2. The van der Waals surface area contributed by atoms with Gasteiger partial charge >= 0.3 is 12.6 Å². The zero-order valence-corrected chi connectivity index (χ0v) is 17.6. The highest BCUT2D eigenvalue weighted by molar-refractivity contribution is 6.25. The van der Waals surface area contributed by atoms with Crippen LogP contribution in [0.3, 0.4) is 0 Å². The molecule has 0 bridgehead atoms. The maximum atomic E-state index is 13.1. The van der Waals surface area contributed by atoms with Crippen LogP contribution in [0, 0.1) is 0 Å². The predicted molar refractivity (Wildman–Crippen MR) is 111 cm³/mol. The molecule has 9 nitrogen and oxygen atoms in total. The largest absolute Gasteiger partial charge is 0.490 e. The van der Waals surface area contributed by atoms with E-state index in [0.29, 0.717) is 10.5 Å². The number of fused-ring (bicyclic) bond motifs is 1. The Balaban J connectivity index is 1.95. The predicted octanol–water partition coefficient (Wildman–Crippen LogP) is 2.94. The first-order valence-electron chi connectivity index (χ1n) is 9.85. The highest BCUT2D eigenvalue weighted by atomic mass is 19.3. The SMILES string of the molecule is CCOc1cc(CC(C(=O)O)N2C(=O)c3cccc(NC(C)=O)c3C2=O)ccc1OC(F)F. The van der Waals surface area contributed by atoms with Gasteiger partial charge in [0.2, 0.25) is 5.91 Å². The van der Waals surface area contributed by atoms with Crippen molar-refractivity contribution in [2.24, 2.45) is 0 Å². The number of carbonyl (C=O) groups excluding carboxylic acids is 3. The molecule has 174 valence electrons. The van der Waals surface area contributed by atoms with Crippen molar-refractivity contribution in [3.63, 3.8) is 0 Å². The third-order valence-electron chi connectivity index (χ3n) is 4.81. The number of carboxylic acids is 1. The van der Waals surface area contributed by atoms with Crippen molar-refractivity contribution in [2.75, 3.05) is 11.9 Å². The van der Waals surface area contributed by atoms with E-state index in [1.165, 1.54) is 43.3 Å². The van der Waals surface area contributed by atoms with Crippen molar-refractivity contribution in [3.8, 4) is 11.5 Å². The Bertz CT molecular complexity index is 1120. The third-order valence-corrected chi connectivity index (χ3v) is 4.81. The molecule has 0 radical (unpaired) electrons. The molecule has 0 aliphatic carbocycles. The van der Waals surface area contributed by atoms with Gasteiger partial charge in [0.1, 0.15) is 6.04 Å². The van der Waals surface area contributed by atoms with Crippen LogP contribution in [0.2, 0.25) is 0 Å². The minimum absolute atomic E-state index is 0.0326. The number of anilines is 1. The van der Waals surface area contributed by atoms with Crippen LogP contribution in [0.5, 0.6) is 11.5 Å². The number of nitrogens with one attached hydrogen (secondary N) is 1. The van der Waals surface area contributed by atoms with E-state index < -0.39 is 36.3 Å². The Morgan fingerprint density at radius 1 is 1.12 bits per heavy atom. The van der Waals surface area contributed by atoms with Crippen molar-refractivity contribution < 1.29 is 42.5 Å². The average molecular weight is 462 g/mol. The summed E-state index contributed by atoms with van der Waals surface area (Å²) in [6, 6.07) is 6.52. The summed E-state index contributed by atoms with van der Waals surface area (Å²) in [7, 11) is 0. The maximum Gasteiger partial charge on any atom is 0.387 e. The molecule has 1 aliphatic rings. The summed E-state index contributed by atoms with van der Waals surface area (Å²) in [5.41, 5.74) is 0.274. The van der Waals surface area contributed by atoms with E-state index in [1.807, 2.05) is 0 Å². The fraction of sp³-hybridized carbons (Fsp3) is 0.273. The normalized spacial score (nSPS) is 13.7. The highest BCUT2D eigenvalue weighted by Gasteiger charge is 2.44. The van der Waals surface area contributed by atoms with Gasteiger partial charge in [-0.05, 0) is 36.8 Å². The van der Waals surface area contributed by atoms with Crippen LogP contribution < -0.4 is 14.8 Å². The first-order valence-corrected chi connectivity index (χ1v) is 9.85. The van der Waals surface area contributed by atoms with Gasteiger partial charge in [0.05, 0.1) is 23.4 Å².